The highest BCUT2D eigenvalue weighted by Gasteiger charge is 2.14. The highest BCUT2D eigenvalue weighted by atomic mass is 16.6. The molecule has 0 spiro atoms. The van der Waals surface area contributed by atoms with Crippen LogP contribution in [0.25, 0.3) is 0 Å². The van der Waals surface area contributed by atoms with Crippen molar-refractivity contribution in [2.45, 2.75) is 13.5 Å². The smallest absolute Gasteiger partial charge is 0.272 e. The summed E-state index contributed by atoms with van der Waals surface area (Å²) in [6.07, 6.45) is 2.75. The second kappa shape index (κ2) is 6.00. The lowest BCUT2D eigenvalue weighted by Crippen LogP contribution is -2.28. The minimum absolute atomic E-state index is 0.000541. The summed E-state index contributed by atoms with van der Waals surface area (Å²) >= 11 is 0. The van der Waals surface area contributed by atoms with Gasteiger partial charge in [-0.15, -0.1) is 0 Å². The van der Waals surface area contributed by atoms with Gasteiger partial charge >= 0.3 is 0 Å². The summed E-state index contributed by atoms with van der Waals surface area (Å²) in [5.74, 6) is -0.525. The van der Waals surface area contributed by atoms with Gasteiger partial charge in [-0.3, -0.25) is 19.7 Å². The number of carbonyl (C=O) groups is 1. The number of hydrogen-bond donors (Lipinski definition) is 2. The number of amides is 1. The van der Waals surface area contributed by atoms with E-state index in [0.717, 1.165) is 0 Å². The lowest BCUT2D eigenvalue weighted by molar-refractivity contribution is -0.385. The number of aromatic amines is 1. The molecule has 0 aliphatic carbocycles. The van der Waals surface area contributed by atoms with Gasteiger partial charge in [0.15, 0.2) is 5.43 Å². The fourth-order valence-electron chi connectivity index (χ4n) is 1.92. The van der Waals surface area contributed by atoms with Gasteiger partial charge < -0.3 is 10.3 Å². The van der Waals surface area contributed by atoms with Crippen LogP contribution in [0.3, 0.4) is 0 Å². The number of benzene rings is 1. The summed E-state index contributed by atoms with van der Waals surface area (Å²) in [5.41, 5.74) is 0.733. The van der Waals surface area contributed by atoms with Gasteiger partial charge in [-0.1, -0.05) is 12.1 Å². The average Bonchev–Trinajstić information content (AvgIpc) is 2.46. The molecule has 7 heteroatoms. The van der Waals surface area contributed by atoms with Crippen LogP contribution >= 0.6 is 0 Å². The average molecular weight is 287 g/mol. The predicted octanol–water partition coefficient (Wildman–Crippen LogP) is 1.52. The summed E-state index contributed by atoms with van der Waals surface area (Å²) in [6, 6.07) is 5.91. The number of hydrogen-bond acceptors (Lipinski definition) is 4. The fourth-order valence-corrected chi connectivity index (χ4v) is 1.92. The molecule has 1 aromatic carbocycles. The third kappa shape index (κ3) is 3.14. The fraction of sp³-hybridized carbons (Fsp3) is 0.143. The number of nitro benzene ring substituents is 1. The number of carbonyl (C=O) groups excluding carboxylic acids is 1. The van der Waals surface area contributed by atoms with Crippen molar-refractivity contribution in [2.75, 3.05) is 0 Å². The van der Waals surface area contributed by atoms with E-state index in [9.17, 15) is 19.7 Å². The van der Waals surface area contributed by atoms with Crippen molar-refractivity contribution in [2.24, 2.45) is 0 Å². The van der Waals surface area contributed by atoms with Crippen LogP contribution in [0.2, 0.25) is 0 Å². The van der Waals surface area contributed by atoms with Crippen LogP contribution in [-0.2, 0) is 6.54 Å². The molecule has 1 aromatic heterocycles. The monoisotopic (exact) mass is 287 g/mol. The molecule has 0 fully saturated rings. The molecule has 0 atom stereocenters. The van der Waals surface area contributed by atoms with Gasteiger partial charge in [0, 0.05) is 36.6 Å². The Morgan fingerprint density at radius 1 is 1.38 bits per heavy atom. The van der Waals surface area contributed by atoms with Crippen molar-refractivity contribution in [3.8, 4) is 0 Å². The Kier molecular flexibility index (Phi) is 4.13. The normalized spacial score (nSPS) is 10.1. The molecule has 0 saturated carbocycles. The lowest BCUT2D eigenvalue weighted by Gasteiger charge is -2.08. The maximum absolute atomic E-state index is 11.9. The Balaban J connectivity index is 2.16. The SMILES string of the molecule is Cc1c(CNC(=O)c2c[nH]ccc2=O)cccc1[N+](=O)[O-]. The van der Waals surface area contributed by atoms with Gasteiger partial charge in [0.25, 0.3) is 11.6 Å². The summed E-state index contributed by atoms with van der Waals surface area (Å²) in [7, 11) is 0. The van der Waals surface area contributed by atoms with Crippen molar-refractivity contribution in [1.29, 1.82) is 0 Å². The van der Waals surface area contributed by atoms with Crippen LogP contribution < -0.4 is 10.7 Å². The van der Waals surface area contributed by atoms with Gasteiger partial charge in [0.2, 0.25) is 0 Å². The van der Waals surface area contributed by atoms with E-state index in [2.05, 4.69) is 10.3 Å². The molecule has 2 aromatic rings. The van der Waals surface area contributed by atoms with Crippen LogP contribution in [0.1, 0.15) is 21.5 Å². The van der Waals surface area contributed by atoms with Crippen molar-refractivity contribution in [3.63, 3.8) is 0 Å². The molecular formula is C14H13N3O4. The number of nitrogens with zero attached hydrogens (tertiary/aromatic N) is 1. The van der Waals surface area contributed by atoms with E-state index in [0.29, 0.717) is 11.1 Å². The molecule has 108 valence electrons. The highest BCUT2D eigenvalue weighted by Crippen LogP contribution is 2.20. The van der Waals surface area contributed by atoms with Gasteiger partial charge in [-0.05, 0) is 12.5 Å². The van der Waals surface area contributed by atoms with Crippen LogP contribution in [-0.4, -0.2) is 15.8 Å². The minimum atomic E-state index is -0.525. The number of H-pyrrole nitrogens is 1. The summed E-state index contributed by atoms with van der Waals surface area (Å²) < 4.78 is 0. The topological polar surface area (TPSA) is 105 Å². The lowest BCUT2D eigenvalue weighted by atomic mass is 10.1. The van der Waals surface area contributed by atoms with Crippen molar-refractivity contribution in [1.82, 2.24) is 10.3 Å². The molecule has 2 N–H and O–H groups in total. The summed E-state index contributed by atoms with van der Waals surface area (Å²) in [4.78, 5) is 36.5. The van der Waals surface area contributed by atoms with Crippen LogP contribution in [0.4, 0.5) is 5.69 Å². The standard InChI is InChI=1S/C14H13N3O4/c1-9-10(3-2-4-12(9)17(20)21)7-16-14(19)11-8-15-6-5-13(11)18/h2-6,8H,7H2,1H3,(H,15,18)(H,16,19). The Morgan fingerprint density at radius 2 is 2.14 bits per heavy atom. The number of nitro groups is 1. The Hall–Kier alpha value is -2.96. The van der Waals surface area contributed by atoms with Gasteiger partial charge in [-0.2, -0.15) is 0 Å². The summed E-state index contributed by atoms with van der Waals surface area (Å²) in [5, 5.41) is 13.4. The van der Waals surface area contributed by atoms with Crippen molar-refractivity contribution in [3.05, 3.63) is 73.7 Å². The zero-order valence-electron chi connectivity index (χ0n) is 11.3. The maximum Gasteiger partial charge on any atom is 0.272 e. The molecule has 0 aliphatic heterocycles. The van der Waals surface area contributed by atoms with Crippen molar-refractivity contribution < 1.29 is 9.72 Å². The molecule has 1 amide bonds. The molecule has 0 aliphatic rings. The maximum atomic E-state index is 11.9. The molecule has 0 bridgehead atoms. The third-order valence-electron chi connectivity index (χ3n) is 3.12. The number of nitrogens with one attached hydrogen (secondary N) is 2. The molecular weight excluding hydrogens is 274 g/mol. The van der Waals surface area contributed by atoms with Crippen molar-refractivity contribution >= 4 is 11.6 Å². The molecule has 0 radical (unpaired) electrons. The molecule has 21 heavy (non-hydrogen) atoms. The highest BCUT2D eigenvalue weighted by molar-refractivity contribution is 5.93. The largest absolute Gasteiger partial charge is 0.367 e. The van der Waals surface area contributed by atoms with E-state index in [-0.39, 0.29) is 23.2 Å². The molecule has 1 heterocycles. The number of aromatic nitrogens is 1. The zero-order chi connectivity index (χ0) is 15.4. The first-order valence-electron chi connectivity index (χ1n) is 6.19. The van der Waals surface area contributed by atoms with Crippen LogP contribution in [0.15, 0.2) is 41.5 Å². The Labute approximate surface area is 119 Å². The first kappa shape index (κ1) is 14.4. The Bertz CT molecular complexity index is 752. The molecule has 2 rings (SSSR count). The van der Waals surface area contributed by atoms with E-state index < -0.39 is 10.8 Å². The minimum Gasteiger partial charge on any atom is -0.367 e. The van der Waals surface area contributed by atoms with E-state index in [4.69, 9.17) is 0 Å². The first-order chi connectivity index (χ1) is 10.0. The second-order valence-electron chi connectivity index (χ2n) is 4.42. The third-order valence-corrected chi connectivity index (χ3v) is 3.12. The number of pyridine rings is 1. The number of rotatable bonds is 4. The van der Waals surface area contributed by atoms with E-state index in [1.807, 2.05) is 0 Å². The molecule has 0 unspecified atom stereocenters. The van der Waals surface area contributed by atoms with Gasteiger partial charge in [-0.25, -0.2) is 0 Å². The molecule has 7 nitrogen and oxygen atoms in total. The first-order valence-corrected chi connectivity index (χ1v) is 6.19. The Morgan fingerprint density at radius 3 is 2.81 bits per heavy atom. The van der Waals surface area contributed by atoms with Crippen LogP contribution in [0, 0.1) is 17.0 Å². The molecule has 0 saturated heterocycles. The van der Waals surface area contributed by atoms with E-state index in [1.165, 1.54) is 24.5 Å². The quantitative estimate of drug-likeness (QED) is 0.657. The van der Waals surface area contributed by atoms with Gasteiger partial charge in [0.05, 0.1) is 4.92 Å². The van der Waals surface area contributed by atoms with Gasteiger partial charge in [0.1, 0.15) is 5.56 Å². The summed E-state index contributed by atoms with van der Waals surface area (Å²) in [6.45, 7) is 1.73. The van der Waals surface area contributed by atoms with Crippen LogP contribution in [0.5, 0.6) is 0 Å². The second-order valence-corrected chi connectivity index (χ2v) is 4.42. The van der Waals surface area contributed by atoms with E-state index in [1.54, 1.807) is 19.1 Å². The predicted molar refractivity (Wildman–Crippen MR) is 76.1 cm³/mol. The zero-order valence-corrected chi connectivity index (χ0v) is 11.3. The van der Waals surface area contributed by atoms with E-state index >= 15 is 0 Å².